The third-order valence-electron chi connectivity index (χ3n) is 6.15. The van der Waals surface area contributed by atoms with Gasteiger partial charge < -0.3 is 10.3 Å². The molecule has 1 amide bonds. The number of benzene rings is 1. The lowest BCUT2D eigenvalue weighted by Crippen LogP contribution is -2.19. The monoisotopic (exact) mass is 543 g/mol. The van der Waals surface area contributed by atoms with Crippen LogP contribution in [-0.2, 0) is 4.79 Å². The van der Waals surface area contributed by atoms with Crippen molar-refractivity contribution in [2.24, 2.45) is 5.41 Å². The number of imidazole rings is 1. The number of nitrogens with one attached hydrogen (secondary N) is 3. The van der Waals surface area contributed by atoms with E-state index in [-0.39, 0.29) is 27.5 Å². The van der Waals surface area contributed by atoms with Crippen LogP contribution < -0.4 is 5.32 Å². The quantitative estimate of drug-likeness (QED) is 0.218. The summed E-state index contributed by atoms with van der Waals surface area (Å²) in [6.07, 6.45) is 5.01. The van der Waals surface area contributed by atoms with Gasteiger partial charge in [0.25, 0.3) is 0 Å². The van der Waals surface area contributed by atoms with Crippen LogP contribution in [0.2, 0.25) is 0 Å². The number of aromatic nitrogens is 6. The highest BCUT2D eigenvalue weighted by Gasteiger charge is 2.21. The Kier molecular flexibility index (Phi) is 5.95. The molecule has 3 N–H and O–H groups in total. The number of anilines is 1. The van der Waals surface area contributed by atoms with Crippen LogP contribution in [0.15, 0.2) is 55.0 Å². The Morgan fingerprint density at radius 1 is 1.08 bits per heavy atom. The van der Waals surface area contributed by atoms with Crippen molar-refractivity contribution in [1.29, 1.82) is 0 Å². The molecule has 0 aliphatic rings. The van der Waals surface area contributed by atoms with Crippen LogP contribution in [-0.4, -0.2) is 36.0 Å². The highest BCUT2D eigenvalue weighted by Crippen LogP contribution is 2.36. The van der Waals surface area contributed by atoms with Crippen molar-refractivity contribution in [1.82, 2.24) is 30.1 Å². The predicted octanol–water partition coefficient (Wildman–Crippen LogP) is 6.94. The number of rotatable bonds is 5. The molecule has 5 heterocycles. The second kappa shape index (κ2) is 9.35. The van der Waals surface area contributed by atoms with Crippen molar-refractivity contribution in [3.8, 4) is 33.1 Å². The zero-order chi connectivity index (χ0) is 27.3. The fraction of sp³-hybridized carbons (Fsp3) is 0.179. The number of aromatic amines is 2. The first kappa shape index (κ1) is 24.8. The molecule has 0 saturated carbocycles. The molecule has 5 aromatic heterocycles. The summed E-state index contributed by atoms with van der Waals surface area (Å²) in [5, 5.41) is 10.0. The maximum absolute atomic E-state index is 16.1. The molecule has 0 unspecified atom stereocenters. The lowest BCUT2D eigenvalue weighted by Gasteiger charge is -2.17. The maximum Gasteiger partial charge on any atom is 0.224 e. The fourth-order valence-corrected chi connectivity index (χ4v) is 5.26. The molecular weight excluding hydrogens is 520 g/mol. The van der Waals surface area contributed by atoms with Gasteiger partial charge in [-0.05, 0) is 41.8 Å². The smallest absolute Gasteiger partial charge is 0.224 e. The van der Waals surface area contributed by atoms with Gasteiger partial charge in [-0.2, -0.15) is 9.49 Å². The topological polar surface area (TPSA) is 112 Å². The first-order chi connectivity index (χ1) is 18.7. The lowest BCUT2D eigenvalue weighted by atomic mass is 9.92. The van der Waals surface area contributed by atoms with E-state index in [9.17, 15) is 9.18 Å². The van der Waals surface area contributed by atoms with E-state index < -0.39 is 5.82 Å². The van der Waals surface area contributed by atoms with Gasteiger partial charge in [-0.25, -0.2) is 14.4 Å². The molecule has 8 nitrogen and oxygen atoms in total. The van der Waals surface area contributed by atoms with E-state index in [1.165, 1.54) is 12.3 Å². The highest BCUT2D eigenvalue weighted by atomic mass is 32.1. The molecule has 196 valence electrons. The molecule has 0 saturated heterocycles. The van der Waals surface area contributed by atoms with E-state index in [0.29, 0.717) is 45.7 Å². The molecule has 0 aliphatic carbocycles. The van der Waals surface area contributed by atoms with E-state index in [1.807, 2.05) is 20.8 Å². The molecule has 0 aliphatic heterocycles. The molecule has 0 fully saturated rings. The largest absolute Gasteiger partial charge is 0.335 e. The van der Waals surface area contributed by atoms with Crippen LogP contribution in [0.25, 0.3) is 55.2 Å². The van der Waals surface area contributed by atoms with Crippen LogP contribution in [0.1, 0.15) is 27.2 Å². The van der Waals surface area contributed by atoms with Crippen molar-refractivity contribution in [2.45, 2.75) is 27.2 Å². The van der Waals surface area contributed by atoms with Gasteiger partial charge in [0.15, 0.2) is 16.6 Å². The number of amides is 1. The Bertz CT molecular complexity index is 1870. The van der Waals surface area contributed by atoms with Gasteiger partial charge in [0.2, 0.25) is 5.91 Å². The molecular formula is C28H23F2N7OS. The Morgan fingerprint density at radius 2 is 1.92 bits per heavy atom. The number of thiophene rings is 1. The predicted molar refractivity (Wildman–Crippen MR) is 148 cm³/mol. The van der Waals surface area contributed by atoms with Gasteiger partial charge in [0.1, 0.15) is 11.5 Å². The molecule has 0 bridgehead atoms. The molecule has 0 radical (unpaired) electrons. The summed E-state index contributed by atoms with van der Waals surface area (Å²) in [5.41, 5.74) is 3.64. The molecule has 0 atom stereocenters. The first-order valence-corrected chi connectivity index (χ1v) is 13.0. The zero-order valence-corrected chi connectivity index (χ0v) is 22.1. The SMILES string of the molecule is CC(C)(C)CC(=O)Nc1cncc(-c2ccc3[nH]nc(-c4nc5nccc(-c6ccc(F)s6)c5[nH]4)c3c2F)c1. The highest BCUT2D eigenvalue weighted by molar-refractivity contribution is 7.14. The van der Waals surface area contributed by atoms with E-state index >= 15 is 4.39 Å². The number of carbonyl (C=O) groups excluding carboxylic acids is 1. The number of carbonyl (C=O) groups is 1. The van der Waals surface area contributed by atoms with Crippen molar-refractivity contribution in [2.75, 3.05) is 5.32 Å². The van der Waals surface area contributed by atoms with Gasteiger partial charge in [-0.15, -0.1) is 11.3 Å². The summed E-state index contributed by atoms with van der Waals surface area (Å²) >= 11 is 1.02. The van der Waals surface area contributed by atoms with E-state index in [0.717, 1.165) is 21.8 Å². The second-order valence-corrected chi connectivity index (χ2v) is 11.5. The molecule has 6 aromatic rings. The van der Waals surface area contributed by atoms with Crippen molar-refractivity contribution >= 4 is 45.0 Å². The number of hydrogen-bond acceptors (Lipinski definition) is 6. The minimum atomic E-state index is -0.509. The van der Waals surface area contributed by atoms with Crippen molar-refractivity contribution in [3.05, 3.63) is 65.9 Å². The standard InChI is InChI=1S/C28H23F2N7OS/c1-28(2,3)11-21(38)33-15-10-14(12-31-13-15)16-4-5-18-22(23(16)30)25(37-36-18)27-34-24-17(8-9-32-26(24)35-27)19-6-7-20(29)39-19/h4-10,12-13H,11H2,1-3H3,(H,33,38)(H,36,37)(H,32,34,35). The third-order valence-corrected chi connectivity index (χ3v) is 7.05. The van der Waals surface area contributed by atoms with Crippen LogP contribution in [0.4, 0.5) is 14.5 Å². The average Bonchev–Trinajstić information content (AvgIpc) is 3.60. The summed E-state index contributed by atoms with van der Waals surface area (Å²) in [6.45, 7) is 5.94. The number of hydrogen-bond donors (Lipinski definition) is 3. The zero-order valence-electron chi connectivity index (χ0n) is 21.3. The minimum Gasteiger partial charge on any atom is -0.335 e. The van der Waals surface area contributed by atoms with Gasteiger partial charge in [-0.1, -0.05) is 20.8 Å². The number of H-pyrrole nitrogens is 2. The number of halogens is 2. The molecule has 11 heteroatoms. The Balaban J connectivity index is 1.40. The average molecular weight is 544 g/mol. The van der Waals surface area contributed by atoms with Crippen molar-refractivity contribution in [3.63, 3.8) is 0 Å². The van der Waals surface area contributed by atoms with E-state index in [4.69, 9.17) is 0 Å². The van der Waals surface area contributed by atoms with Gasteiger partial charge >= 0.3 is 0 Å². The molecule has 6 rings (SSSR count). The number of fused-ring (bicyclic) bond motifs is 2. The van der Waals surface area contributed by atoms with Crippen LogP contribution >= 0.6 is 11.3 Å². The molecule has 0 spiro atoms. The first-order valence-electron chi connectivity index (χ1n) is 12.2. The Morgan fingerprint density at radius 3 is 2.69 bits per heavy atom. The number of pyridine rings is 2. The van der Waals surface area contributed by atoms with Crippen LogP contribution in [0.3, 0.4) is 0 Å². The fourth-order valence-electron chi connectivity index (χ4n) is 4.50. The molecule has 39 heavy (non-hydrogen) atoms. The maximum atomic E-state index is 16.1. The van der Waals surface area contributed by atoms with Gasteiger partial charge in [0, 0.05) is 40.4 Å². The summed E-state index contributed by atoms with van der Waals surface area (Å²) in [6, 6.07) is 9.93. The second-order valence-electron chi connectivity index (χ2n) is 10.4. The number of nitrogens with zero attached hydrogens (tertiary/aromatic N) is 4. The van der Waals surface area contributed by atoms with E-state index in [2.05, 4.69) is 35.5 Å². The van der Waals surface area contributed by atoms with Gasteiger partial charge in [-0.3, -0.25) is 14.9 Å². The minimum absolute atomic E-state index is 0.141. The Hall–Kier alpha value is -4.51. The third kappa shape index (κ3) is 4.76. The Labute approximate surface area is 225 Å². The normalized spacial score (nSPS) is 11.9. The lowest BCUT2D eigenvalue weighted by molar-refractivity contribution is -0.117. The van der Waals surface area contributed by atoms with Crippen LogP contribution in [0.5, 0.6) is 0 Å². The molecule has 1 aromatic carbocycles. The van der Waals surface area contributed by atoms with Crippen molar-refractivity contribution < 1.29 is 13.6 Å². The summed E-state index contributed by atoms with van der Waals surface area (Å²) in [5.74, 6) is -0.326. The summed E-state index contributed by atoms with van der Waals surface area (Å²) in [4.78, 5) is 29.4. The summed E-state index contributed by atoms with van der Waals surface area (Å²) < 4.78 is 29.8. The van der Waals surface area contributed by atoms with E-state index in [1.54, 1.807) is 42.7 Å². The summed E-state index contributed by atoms with van der Waals surface area (Å²) in [7, 11) is 0. The van der Waals surface area contributed by atoms with Gasteiger partial charge in [0.05, 0.1) is 28.3 Å². The van der Waals surface area contributed by atoms with Crippen LogP contribution in [0, 0.1) is 16.4 Å².